The topological polar surface area (TPSA) is 157 Å². The van der Waals surface area contributed by atoms with Gasteiger partial charge < -0.3 is 4.74 Å². The molecule has 0 aromatic heterocycles. The highest BCUT2D eigenvalue weighted by molar-refractivity contribution is 7.92. The number of hydrazine groups is 1. The molecule has 0 aliphatic carbocycles. The smallest absolute Gasteiger partial charge is 0.270 e. The van der Waals surface area contributed by atoms with Crippen LogP contribution in [0.1, 0.15) is 26.3 Å². The van der Waals surface area contributed by atoms with Crippen LogP contribution < -0.4 is 20.3 Å². The van der Waals surface area contributed by atoms with E-state index in [2.05, 4.69) is 15.6 Å². The van der Waals surface area contributed by atoms with Crippen LogP contribution in [0.25, 0.3) is 0 Å². The number of nitro groups is 1. The number of methoxy groups -OCH3 is 1. The molecule has 34 heavy (non-hydrogen) atoms. The third kappa shape index (κ3) is 5.48. The van der Waals surface area contributed by atoms with Crippen molar-refractivity contribution in [3.63, 3.8) is 0 Å². The molecule has 0 unspecified atom stereocenters. The summed E-state index contributed by atoms with van der Waals surface area (Å²) in [5.41, 5.74) is 4.57. The molecule has 0 spiro atoms. The molecule has 0 bridgehead atoms. The van der Waals surface area contributed by atoms with Gasteiger partial charge in [0.25, 0.3) is 27.5 Å². The number of non-ortho nitro benzene ring substituents is 1. The highest BCUT2D eigenvalue weighted by Crippen LogP contribution is 2.27. The number of amides is 2. The van der Waals surface area contributed by atoms with E-state index in [1.165, 1.54) is 49.6 Å². The van der Waals surface area contributed by atoms with Crippen LogP contribution in [0, 0.1) is 17.0 Å². The first-order valence-electron chi connectivity index (χ1n) is 9.74. The highest BCUT2D eigenvalue weighted by Gasteiger charge is 2.21. The molecule has 11 nitrogen and oxygen atoms in total. The standard InChI is InChI=1S/C22H20N4O7S/c1-14-10-11-16(13-20(14)34(31,32)25-18-8-3-4-9-19(18)33-2)22(28)24-23-21(27)15-6-5-7-17(12-15)26(29)30/h3-13,25H,1-2H3,(H,23,27)(H,24,28). The molecule has 176 valence electrons. The Kier molecular flexibility index (Phi) is 7.12. The van der Waals surface area contributed by atoms with Crippen LogP contribution in [0.4, 0.5) is 11.4 Å². The molecule has 0 saturated heterocycles. The average Bonchev–Trinajstić information content (AvgIpc) is 2.82. The number of nitrogens with zero attached hydrogens (tertiary/aromatic N) is 1. The number of nitrogens with one attached hydrogen (secondary N) is 3. The van der Waals surface area contributed by atoms with Crippen molar-refractivity contribution >= 4 is 33.2 Å². The molecule has 0 atom stereocenters. The minimum absolute atomic E-state index is 0.0367. The van der Waals surface area contributed by atoms with Gasteiger partial charge >= 0.3 is 0 Å². The van der Waals surface area contributed by atoms with Crippen LogP contribution in [0.5, 0.6) is 5.75 Å². The number of carbonyl (C=O) groups is 2. The van der Waals surface area contributed by atoms with Crippen molar-refractivity contribution in [2.45, 2.75) is 11.8 Å². The fourth-order valence-corrected chi connectivity index (χ4v) is 4.32. The largest absolute Gasteiger partial charge is 0.495 e. The Labute approximate surface area is 194 Å². The van der Waals surface area contributed by atoms with Gasteiger partial charge in [-0.1, -0.05) is 24.3 Å². The van der Waals surface area contributed by atoms with E-state index < -0.39 is 26.8 Å². The molecule has 0 fully saturated rings. The first kappa shape index (κ1) is 24.2. The van der Waals surface area contributed by atoms with Crippen molar-refractivity contribution in [1.82, 2.24) is 10.9 Å². The van der Waals surface area contributed by atoms with Crippen molar-refractivity contribution in [1.29, 1.82) is 0 Å². The summed E-state index contributed by atoms with van der Waals surface area (Å²) in [4.78, 5) is 34.8. The second kappa shape index (κ2) is 10.0. The zero-order valence-corrected chi connectivity index (χ0v) is 18.9. The van der Waals surface area contributed by atoms with Crippen molar-refractivity contribution in [2.24, 2.45) is 0 Å². The Morgan fingerprint density at radius 1 is 0.912 bits per heavy atom. The highest BCUT2D eigenvalue weighted by atomic mass is 32.2. The summed E-state index contributed by atoms with van der Waals surface area (Å²) in [5, 5.41) is 10.9. The maximum atomic E-state index is 13.0. The minimum atomic E-state index is -4.08. The lowest BCUT2D eigenvalue weighted by Crippen LogP contribution is -2.41. The van der Waals surface area contributed by atoms with Gasteiger partial charge in [-0.15, -0.1) is 0 Å². The Bertz CT molecular complexity index is 1370. The van der Waals surface area contributed by atoms with Gasteiger partial charge in [0.05, 0.1) is 22.6 Å². The van der Waals surface area contributed by atoms with Crippen molar-refractivity contribution in [2.75, 3.05) is 11.8 Å². The molecule has 3 aromatic rings. The summed E-state index contributed by atoms with van der Waals surface area (Å²) in [5.74, 6) is -1.25. The van der Waals surface area contributed by atoms with E-state index in [-0.39, 0.29) is 27.4 Å². The van der Waals surface area contributed by atoms with Crippen LogP contribution in [0.3, 0.4) is 0 Å². The molecular formula is C22H20N4O7S. The number of ether oxygens (including phenoxy) is 1. The van der Waals surface area contributed by atoms with Gasteiger partial charge in [-0.2, -0.15) is 0 Å². The third-order valence-electron chi connectivity index (χ3n) is 4.70. The molecule has 0 radical (unpaired) electrons. The monoisotopic (exact) mass is 484 g/mol. The Morgan fingerprint density at radius 3 is 2.21 bits per heavy atom. The van der Waals surface area contributed by atoms with Crippen LogP contribution >= 0.6 is 0 Å². The van der Waals surface area contributed by atoms with Gasteiger partial charge in [0, 0.05) is 23.3 Å². The van der Waals surface area contributed by atoms with Gasteiger partial charge in [0.15, 0.2) is 0 Å². The predicted molar refractivity (Wildman–Crippen MR) is 123 cm³/mol. The Hall–Kier alpha value is -4.45. The lowest BCUT2D eigenvalue weighted by Gasteiger charge is -2.14. The lowest BCUT2D eigenvalue weighted by atomic mass is 10.1. The Balaban J connectivity index is 1.77. The number of hydrogen-bond donors (Lipinski definition) is 3. The van der Waals surface area contributed by atoms with Crippen molar-refractivity contribution in [3.8, 4) is 5.75 Å². The minimum Gasteiger partial charge on any atom is -0.495 e. The first-order valence-corrected chi connectivity index (χ1v) is 11.2. The van der Waals surface area contributed by atoms with Gasteiger partial charge in [0.1, 0.15) is 5.75 Å². The van der Waals surface area contributed by atoms with E-state index in [4.69, 9.17) is 4.74 Å². The SMILES string of the molecule is COc1ccccc1NS(=O)(=O)c1cc(C(=O)NNC(=O)c2cccc([N+](=O)[O-])c2)ccc1C. The summed E-state index contributed by atoms with van der Waals surface area (Å²) in [6.07, 6.45) is 0. The lowest BCUT2D eigenvalue weighted by molar-refractivity contribution is -0.384. The van der Waals surface area contributed by atoms with Gasteiger partial charge in [0.2, 0.25) is 0 Å². The fourth-order valence-electron chi connectivity index (χ4n) is 2.98. The average molecular weight is 484 g/mol. The Morgan fingerprint density at radius 2 is 1.56 bits per heavy atom. The number of aryl methyl sites for hydroxylation is 1. The molecular weight excluding hydrogens is 464 g/mol. The van der Waals surface area contributed by atoms with E-state index in [0.717, 1.165) is 6.07 Å². The molecule has 3 aromatic carbocycles. The van der Waals surface area contributed by atoms with E-state index in [0.29, 0.717) is 11.3 Å². The summed E-state index contributed by atoms with van der Waals surface area (Å²) >= 11 is 0. The summed E-state index contributed by atoms with van der Waals surface area (Å²) in [6, 6.07) is 15.4. The molecule has 2 amide bonds. The zero-order valence-electron chi connectivity index (χ0n) is 18.1. The van der Waals surface area contributed by atoms with Gasteiger partial charge in [-0.3, -0.25) is 35.3 Å². The molecule has 12 heteroatoms. The summed E-state index contributed by atoms with van der Waals surface area (Å²) < 4.78 is 33.6. The summed E-state index contributed by atoms with van der Waals surface area (Å²) in [7, 11) is -2.67. The number of carbonyl (C=O) groups excluding carboxylic acids is 2. The van der Waals surface area contributed by atoms with Crippen molar-refractivity contribution < 1.29 is 27.7 Å². The fraction of sp³-hybridized carbons (Fsp3) is 0.0909. The molecule has 3 rings (SSSR count). The number of benzene rings is 3. The zero-order chi connectivity index (χ0) is 24.9. The normalized spacial score (nSPS) is 10.8. The van der Waals surface area contributed by atoms with Crippen LogP contribution in [0.2, 0.25) is 0 Å². The number of sulfonamides is 1. The van der Waals surface area contributed by atoms with Crippen LogP contribution in [0.15, 0.2) is 71.6 Å². The molecule has 3 N–H and O–H groups in total. The van der Waals surface area contributed by atoms with Crippen LogP contribution in [-0.4, -0.2) is 32.3 Å². The second-order valence-corrected chi connectivity index (χ2v) is 8.65. The first-order chi connectivity index (χ1) is 16.1. The molecule has 0 heterocycles. The predicted octanol–water partition coefficient (Wildman–Crippen LogP) is 2.79. The quantitative estimate of drug-likeness (QED) is 0.344. The number of para-hydroxylation sites is 2. The molecule has 0 aliphatic rings. The molecule has 0 aliphatic heterocycles. The number of anilines is 1. The van der Waals surface area contributed by atoms with E-state index in [1.54, 1.807) is 25.1 Å². The van der Waals surface area contributed by atoms with Gasteiger partial charge in [-0.25, -0.2) is 8.42 Å². The third-order valence-corrected chi connectivity index (χ3v) is 6.21. The number of hydrogen-bond acceptors (Lipinski definition) is 7. The number of nitro benzene ring substituents is 1. The maximum absolute atomic E-state index is 13.0. The van der Waals surface area contributed by atoms with Crippen LogP contribution in [-0.2, 0) is 10.0 Å². The molecule has 0 saturated carbocycles. The second-order valence-electron chi connectivity index (χ2n) is 7.00. The summed E-state index contributed by atoms with van der Waals surface area (Å²) in [6.45, 7) is 1.57. The van der Waals surface area contributed by atoms with E-state index in [1.807, 2.05) is 0 Å². The van der Waals surface area contributed by atoms with E-state index in [9.17, 15) is 28.1 Å². The van der Waals surface area contributed by atoms with E-state index >= 15 is 0 Å². The van der Waals surface area contributed by atoms with Gasteiger partial charge in [-0.05, 0) is 42.8 Å². The maximum Gasteiger partial charge on any atom is 0.270 e. The number of rotatable bonds is 7. The van der Waals surface area contributed by atoms with Crippen molar-refractivity contribution in [3.05, 3.63) is 93.5 Å².